The average molecular weight is 310 g/mol. The van der Waals surface area contributed by atoms with Crippen LogP contribution in [0.15, 0.2) is 39.5 Å². The lowest BCUT2D eigenvalue weighted by Gasteiger charge is -2.05. The van der Waals surface area contributed by atoms with Crippen LogP contribution in [-0.2, 0) is 6.54 Å². The summed E-state index contributed by atoms with van der Waals surface area (Å²) in [5.41, 5.74) is 3.09. The molecule has 1 aromatic heterocycles. The van der Waals surface area contributed by atoms with Crippen LogP contribution in [0.5, 0.6) is 0 Å². The lowest BCUT2D eigenvalue weighted by atomic mass is 10.2. The first-order chi connectivity index (χ1) is 8.16. The number of carbonyl (C=O) groups excluding carboxylic acids is 1. The van der Waals surface area contributed by atoms with E-state index in [1.54, 1.807) is 23.5 Å². The van der Waals surface area contributed by atoms with Gasteiger partial charge in [0.05, 0.1) is 0 Å². The predicted octanol–water partition coefficient (Wildman–Crippen LogP) is 3.75. The Hall–Kier alpha value is -1.13. The fourth-order valence-corrected chi connectivity index (χ4v) is 2.57. The number of halogens is 1. The van der Waals surface area contributed by atoms with Crippen molar-refractivity contribution in [2.45, 2.75) is 13.5 Å². The summed E-state index contributed by atoms with van der Waals surface area (Å²) in [4.78, 5) is 11.8. The number of benzene rings is 1. The van der Waals surface area contributed by atoms with Crippen LogP contribution in [0.2, 0.25) is 0 Å². The van der Waals surface area contributed by atoms with Gasteiger partial charge in [-0.05, 0) is 53.1 Å². The van der Waals surface area contributed by atoms with Crippen LogP contribution >= 0.6 is 27.3 Å². The molecule has 0 aliphatic carbocycles. The predicted molar refractivity (Wildman–Crippen MR) is 74.4 cm³/mol. The smallest absolute Gasteiger partial charge is 0.251 e. The van der Waals surface area contributed by atoms with Crippen molar-refractivity contribution in [2.24, 2.45) is 0 Å². The van der Waals surface area contributed by atoms with Crippen molar-refractivity contribution in [1.82, 2.24) is 5.32 Å². The summed E-state index contributed by atoms with van der Waals surface area (Å²) in [7, 11) is 0. The number of aryl methyl sites for hydroxylation is 1. The monoisotopic (exact) mass is 309 g/mol. The van der Waals surface area contributed by atoms with Crippen molar-refractivity contribution < 1.29 is 4.79 Å². The van der Waals surface area contributed by atoms with Crippen LogP contribution in [0.1, 0.15) is 21.5 Å². The van der Waals surface area contributed by atoms with E-state index in [0.717, 1.165) is 4.47 Å². The number of rotatable bonds is 3. The molecular formula is C13H12BrNOS. The van der Waals surface area contributed by atoms with Crippen LogP contribution in [-0.4, -0.2) is 5.91 Å². The Bertz CT molecular complexity index is 518. The Morgan fingerprint density at radius 3 is 2.59 bits per heavy atom. The summed E-state index contributed by atoms with van der Waals surface area (Å²) in [5, 5.41) is 7.07. The molecule has 1 heterocycles. The number of carbonyl (C=O) groups is 1. The molecule has 0 bridgehead atoms. The Balaban J connectivity index is 1.98. The van der Waals surface area contributed by atoms with E-state index < -0.39 is 0 Å². The molecule has 1 amide bonds. The minimum atomic E-state index is -0.0388. The molecule has 0 saturated carbocycles. The largest absolute Gasteiger partial charge is 0.348 e. The standard InChI is InChI=1S/C13H12BrNOS/c1-9-7-17-8-11(9)6-15-13(16)10-2-4-12(14)5-3-10/h2-5,7-8H,6H2,1H3,(H,15,16). The summed E-state index contributed by atoms with van der Waals surface area (Å²) >= 11 is 5.00. The van der Waals surface area contributed by atoms with E-state index in [-0.39, 0.29) is 5.91 Å². The number of nitrogens with one attached hydrogen (secondary N) is 1. The zero-order valence-electron chi connectivity index (χ0n) is 9.37. The van der Waals surface area contributed by atoms with Gasteiger partial charge in [0.25, 0.3) is 5.91 Å². The first-order valence-corrected chi connectivity index (χ1v) is 6.96. The molecule has 88 valence electrons. The molecule has 0 aliphatic rings. The van der Waals surface area contributed by atoms with E-state index in [1.807, 2.05) is 12.1 Å². The fourth-order valence-electron chi connectivity index (χ4n) is 1.45. The average Bonchev–Trinajstić information content (AvgIpc) is 2.73. The molecule has 0 unspecified atom stereocenters. The molecule has 1 aromatic carbocycles. The second kappa shape index (κ2) is 5.47. The summed E-state index contributed by atoms with van der Waals surface area (Å²) in [6.07, 6.45) is 0. The Kier molecular flexibility index (Phi) is 3.97. The SMILES string of the molecule is Cc1cscc1CNC(=O)c1ccc(Br)cc1. The van der Waals surface area contributed by atoms with Gasteiger partial charge in [-0.3, -0.25) is 4.79 Å². The highest BCUT2D eigenvalue weighted by molar-refractivity contribution is 9.10. The number of thiophene rings is 1. The Morgan fingerprint density at radius 1 is 1.29 bits per heavy atom. The van der Waals surface area contributed by atoms with Gasteiger partial charge in [-0.2, -0.15) is 11.3 Å². The van der Waals surface area contributed by atoms with Gasteiger partial charge in [0.15, 0.2) is 0 Å². The van der Waals surface area contributed by atoms with Crippen molar-refractivity contribution >= 4 is 33.2 Å². The molecule has 0 atom stereocenters. The van der Waals surface area contributed by atoms with E-state index >= 15 is 0 Å². The minimum absolute atomic E-state index is 0.0388. The normalized spacial score (nSPS) is 10.2. The van der Waals surface area contributed by atoms with Crippen molar-refractivity contribution in [3.63, 3.8) is 0 Å². The molecule has 1 N–H and O–H groups in total. The number of hydrogen-bond acceptors (Lipinski definition) is 2. The zero-order valence-corrected chi connectivity index (χ0v) is 11.8. The Morgan fingerprint density at radius 2 is 2.00 bits per heavy atom. The van der Waals surface area contributed by atoms with Gasteiger partial charge >= 0.3 is 0 Å². The maximum atomic E-state index is 11.8. The lowest BCUT2D eigenvalue weighted by Crippen LogP contribution is -2.22. The van der Waals surface area contributed by atoms with Gasteiger partial charge in [-0.25, -0.2) is 0 Å². The van der Waals surface area contributed by atoms with Crippen LogP contribution in [0, 0.1) is 6.92 Å². The fraction of sp³-hybridized carbons (Fsp3) is 0.154. The van der Waals surface area contributed by atoms with Gasteiger partial charge in [0.2, 0.25) is 0 Å². The number of hydrogen-bond donors (Lipinski definition) is 1. The summed E-state index contributed by atoms with van der Waals surface area (Å²) < 4.78 is 0.975. The highest BCUT2D eigenvalue weighted by Gasteiger charge is 2.06. The molecule has 0 saturated heterocycles. The molecule has 0 fully saturated rings. The van der Waals surface area contributed by atoms with Crippen LogP contribution in [0.25, 0.3) is 0 Å². The van der Waals surface area contributed by atoms with E-state index in [4.69, 9.17) is 0 Å². The van der Waals surface area contributed by atoms with Gasteiger partial charge in [-0.1, -0.05) is 15.9 Å². The molecule has 0 aliphatic heterocycles. The topological polar surface area (TPSA) is 29.1 Å². The molecule has 0 spiro atoms. The molecular weight excluding hydrogens is 298 g/mol. The Labute approximate surface area is 113 Å². The summed E-state index contributed by atoms with van der Waals surface area (Å²) in [6.45, 7) is 2.64. The van der Waals surface area contributed by atoms with Gasteiger partial charge in [0.1, 0.15) is 0 Å². The number of amides is 1. The van der Waals surface area contributed by atoms with E-state index in [0.29, 0.717) is 12.1 Å². The van der Waals surface area contributed by atoms with E-state index in [2.05, 4.69) is 38.9 Å². The van der Waals surface area contributed by atoms with Crippen molar-refractivity contribution in [2.75, 3.05) is 0 Å². The summed E-state index contributed by atoms with van der Waals surface area (Å²) in [6, 6.07) is 7.34. The quantitative estimate of drug-likeness (QED) is 0.919. The third kappa shape index (κ3) is 3.17. The van der Waals surface area contributed by atoms with Crippen molar-refractivity contribution in [3.05, 3.63) is 56.2 Å². The second-order valence-electron chi connectivity index (χ2n) is 3.77. The molecule has 17 heavy (non-hydrogen) atoms. The third-order valence-electron chi connectivity index (χ3n) is 2.51. The zero-order chi connectivity index (χ0) is 12.3. The summed E-state index contributed by atoms with van der Waals surface area (Å²) in [5.74, 6) is -0.0388. The van der Waals surface area contributed by atoms with E-state index in [9.17, 15) is 4.79 Å². The lowest BCUT2D eigenvalue weighted by molar-refractivity contribution is 0.0951. The third-order valence-corrected chi connectivity index (χ3v) is 3.95. The molecule has 0 radical (unpaired) electrons. The maximum absolute atomic E-state index is 11.8. The first-order valence-electron chi connectivity index (χ1n) is 5.22. The molecule has 2 aromatic rings. The van der Waals surface area contributed by atoms with Crippen molar-refractivity contribution in [1.29, 1.82) is 0 Å². The molecule has 2 nitrogen and oxygen atoms in total. The van der Waals surface area contributed by atoms with Crippen LogP contribution in [0.3, 0.4) is 0 Å². The van der Waals surface area contributed by atoms with Crippen LogP contribution in [0.4, 0.5) is 0 Å². The minimum Gasteiger partial charge on any atom is -0.348 e. The van der Waals surface area contributed by atoms with Gasteiger partial charge < -0.3 is 5.32 Å². The van der Waals surface area contributed by atoms with Crippen LogP contribution < -0.4 is 5.32 Å². The van der Waals surface area contributed by atoms with Gasteiger partial charge in [-0.15, -0.1) is 0 Å². The second-order valence-corrected chi connectivity index (χ2v) is 5.43. The van der Waals surface area contributed by atoms with Crippen molar-refractivity contribution in [3.8, 4) is 0 Å². The van der Waals surface area contributed by atoms with Gasteiger partial charge in [0, 0.05) is 16.6 Å². The first kappa shape index (κ1) is 12.3. The highest BCUT2D eigenvalue weighted by atomic mass is 79.9. The maximum Gasteiger partial charge on any atom is 0.251 e. The molecule has 4 heteroatoms. The van der Waals surface area contributed by atoms with E-state index in [1.165, 1.54) is 11.1 Å². The highest BCUT2D eigenvalue weighted by Crippen LogP contribution is 2.14. The molecule has 2 rings (SSSR count).